The Morgan fingerprint density at radius 1 is 1.43 bits per heavy atom. The fourth-order valence-corrected chi connectivity index (χ4v) is 1.10. The Morgan fingerprint density at radius 2 is 2.14 bits per heavy atom. The van der Waals surface area contributed by atoms with Gasteiger partial charge in [-0.15, -0.1) is 0 Å². The first-order valence-corrected chi connectivity index (χ1v) is 4.16. The minimum atomic E-state index is -0.0576. The minimum absolute atomic E-state index is 0.0234. The Bertz CT molecular complexity index is 350. The lowest BCUT2D eigenvalue weighted by atomic mass is 10.1. The molecule has 3 nitrogen and oxygen atoms in total. The Kier molecular flexibility index (Phi) is 3.48. The van der Waals surface area contributed by atoms with Crippen molar-refractivity contribution in [2.24, 2.45) is 5.73 Å². The van der Waals surface area contributed by atoms with E-state index >= 15 is 0 Å². The Morgan fingerprint density at radius 3 is 2.64 bits per heavy atom. The summed E-state index contributed by atoms with van der Waals surface area (Å²) in [6.45, 7) is 0.108. The molecule has 0 aliphatic heterocycles. The summed E-state index contributed by atoms with van der Waals surface area (Å²) in [4.78, 5) is 0. The smallest absolute Gasteiger partial charge is 0.122 e. The van der Waals surface area contributed by atoms with E-state index in [1.807, 2.05) is 0 Å². The van der Waals surface area contributed by atoms with Gasteiger partial charge in [0, 0.05) is 19.0 Å². The molecule has 0 radical (unpaired) electrons. The topological polar surface area (TPSA) is 66.5 Å². The van der Waals surface area contributed by atoms with Gasteiger partial charge in [0.2, 0.25) is 0 Å². The lowest BCUT2D eigenvalue weighted by Gasteiger charge is -2.05. The van der Waals surface area contributed by atoms with Crippen molar-refractivity contribution in [3.05, 3.63) is 35.7 Å². The number of aromatic hydroxyl groups is 2. The van der Waals surface area contributed by atoms with Gasteiger partial charge in [0.15, 0.2) is 0 Å². The van der Waals surface area contributed by atoms with Gasteiger partial charge in [-0.3, -0.25) is 0 Å². The molecule has 0 aliphatic carbocycles. The summed E-state index contributed by atoms with van der Waals surface area (Å²) in [6, 6.07) is 4.17. The number of hydrogen-bond donors (Lipinski definition) is 3. The molecule has 0 heterocycles. The summed E-state index contributed by atoms with van der Waals surface area (Å²) < 4.78 is 12.2. The highest BCUT2D eigenvalue weighted by Crippen LogP contribution is 2.24. The van der Waals surface area contributed by atoms with Crippen LogP contribution in [-0.2, 0) is 6.42 Å². The standard InChI is InChI=1S/C10H12FNO2/c11-5-7(6-12)3-8-1-2-9(13)4-10(8)14/h1-2,4-5,13-14H,3,6,12H2/b7-5+. The van der Waals surface area contributed by atoms with Crippen LogP contribution in [0.2, 0.25) is 0 Å². The molecule has 1 aromatic rings. The Balaban J connectivity index is 2.87. The molecule has 0 saturated heterocycles. The van der Waals surface area contributed by atoms with Crippen LogP contribution in [0.25, 0.3) is 0 Å². The largest absolute Gasteiger partial charge is 0.508 e. The fraction of sp³-hybridized carbons (Fsp3) is 0.200. The number of halogens is 1. The lowest BCUT2D eigenvalue weighted by molar-refractivity contribution is 0.446. The molecule has 0 saturated carbocycles. The summed E-state index contributed by atoms with van der Waals surface area (Å²) in [5.74, 6) is -0.0809. The number of phenols is 2. The molecule has 1 rings (SSSR count). The predicted octanol–water partition coefficient (Wildman–Crippen LogP) is 1.45. The first-order valence-electron chi connectivity index (χ1n) is 4.16. The summed E-state index contributed by atoms with van der Waals surface area (Å²) in [6.07, 6.45) is 0.686. The fourth-order valence-electron chi connectivity index (χ4n) is 1.10. The number of nitrogens with two attached hydrogens (primary N) is 1. The Labute approximate surface area is 81.3 Å². The van der Waals surface area contributed by atoms with Gasteiger partial charge in [0.25, 0.3) is 0 Å². The number of rotatable bonds is 3. The number of phenolic OH excluding ortho intramolecular Hbond substituents is 2. The third kappa shape index (κ3) is 2.47. The Hall–Kier alpha value is -1.55. The third-order valence-electron chi connectivity index (χ3n) is 1.90. The molecule has 1 aromatic carbocycles. The van der Waals surface area contributed by atoms with Crippen molar-refractivity contribution in [2.75, 3.05) is 6.54 Å². The van der Waals surface area contributed by atoms with Crippen molar-refractivity contribution >= 4 is 0 Å². The van der Waals surface area contributed by atoms with Crippen molar-refractivity contribution < 1.29 is 14.6 Å². The van der Waals surface area contributed by atoms with Crippen LogP contribution in [0.3, 0.4) is 0 Å². The third-order valence-corrected chi connectivity index (χ3v) is 1.90. The molecule has 0 amide bonds. The first-order chi connectivity index (χ1) is 6.67. The zero-order valence-corrected chi connectivity index (χ0v) is 7.57. The van der Waals surface area contributed by atoms with E-state index in [0.717, 1.165) is 0 Å². The van der Waals surface area contributed by atoms with E-state index in [4.69, 9.17) is 10.8 Å². The van der Waals surface area contributed by atoms with Gasteiger partial charge >= 0.3 is 0 Å². The SMILES string of the molecule is NC/C(=C/F)Cc1ccc(O)cc1O. The predicted molar refractivity (Wildman–Crippen MR) is 51.7 cm³/mol. The molecule has 4 heteroatoms. The van der Waals surface area contributed by atoms with Crippen LogP contribution < -0.4 is 5.73 Å². The van der Waals surface area contributed by atoms with E-state index in [-0.39, 0.29) is 24.5 Å². The second kappa shape index (κ2) is 4.62. The molecule has 76 valence electrons. The van der Waals surface area contributed by atoms with Gasteiger partial charge in [0.1, 0.15) is 11.5 Å². The molecule has 0 bridgehead atoms. The average molecular weight is 197 g/mol. The van der Waals surface area contributed by atoms with E-state index < -0.39 is 0 Å². The maximum Gasteiger partial charge on any atom is 0.122 e. The second-order valence-corrected chi connectivity index (χ2v) is 2.96. The normalized spacial score (nSPS) is 11.7. The van der Waals surface area contributed by atoms with Crippen LogP contribution in [0, 0.1) is 0 Å². The van der Waals surface area contributed by atoms with Crippen molar-refractivity contribution in [3.8, 4) is 11.5 Å². The number of benzene rings is 1. The van der Waals surface area contributed by atoms with Crippen LogP contribution in [-0.4, -0.2) is 16.8 Å². The van der Waals surface area contributed by atoms with Crippen LogP contribution in [0.4, 0.5) is 4.39 Å². The van der Waals surface area contributed by atoms with Gasteiger partial charge < -0.3 is 15.9 Å². The van der Waals surface area contributed by atoms with E-state index in [2.05, 4.69) is 0 Å². The van der Waals surface area contributed by atoms with Gasteiger partial charge in [-0.1, -0.05) is 6.07 Å². The van der Waals surface area contributed by atoms with Crippen LogP contribution in [0.1, 0.15) is 5.56 Å². The molecular weight excluding hydrogens is 185 g/mol. The van der Waals surface area contributed by atoms with Gasteiger partial charge in [-0.05, 0) is 17.2 Å². The summed E-state index contributed by atoms with van der Waals surface area (Å²) in [5.41, 5.74) is 6.21. The molecule has 0 atom stereocenters. The highest BCUT2D eigenvalue weighted by molar-refractivity contribution is 5.40. The van der Waals surface area contributed by atoms with Crippen LogP contribution in [0.5, 0.6) is 11.5 Å². The molecule has 0 fully saturated rings. The van der Waals surface area contributed by atoms with Crippen molar-refractivity contribution in [2.45, 2.75) is 6.42 Å². The molecule has 0 aromatic heterocycles. The van der Waals surface area contributed by atoms with E-state index in [1.165, 1.54) is 18.2 Å². The van der Waals surface area contributed by atoms with Crippen molar-refractivity contribution in [1.82, 2.24) is 0 Å². The molecular formula is C10H12FNO2. The van der Waals surface area contributed by atoms with Gasteiger partial charge in [-0.25, -0.2) is 4.39 Å². The second-order valence-electron chi connectivity index (χ2n) is 2.96. The van der Waals surface area contributed by atoms with Crippen LogP contribution >= 0.6 is 0 Å². The van der Waals surface area contributed by atoms with Crippen LogP contribution in [0.15, 0.2) is 30.1 Å². The van der Waals surface area contributed by atoms with Gasteiger partial charge in [-0.2, -0.15) is 0 Å². The molecule has 0 spiro atoms. The van der Waals surface area contributed by atoms with Crippen molar-refractivity contribution in [1.29, 1.82) is 0 Å². The van der Waals surface area contributed by atoms with E-state index in [1.54, 1.807) is 0 Å². The maximum atomic E-state index is 12.2. The van der Waals surface area contributed by atoms with Gasteiger partial charge in [0.05, 0.1) is 6.33 Å². The molecule has 4 N–H and O–H groups in total. The maximum absolute atomic E-state index is 12.2. The first kappa shape index (κ1) is 10.5. The monoisotopic (exact) mass is 197 g/mol. The highest BCUT2D eigenvalue weighted by Gasteiger charge is 2.04. The molecule has 14 heavy (non-hydrogen) atoms. The highest BCUT2D eigenvalue weighted by atomic mass is 19.1. The van der Waals surface area contributed by atoms with E-state index in [0.29, 0.717) is 17.5 Å². The summed E-state index contributed by atoms with van der Waals surface area (Å²) >= 11 is 0. The number of hydrogen-bond acceptors (Lipinski definition) is 3. The molecule has 0 aliphatic rings. The lowest BCUT2D eigenvalue weighted by Crippen LogP contribution is -2.05. The zero-order chi connectivity index (χ0) is 10.6. The summed E-state index contributed by atoms with van der Waals surface area (Å²) in [7, 11) is 0. The average Bonchev–Trinajstić information content (AvgIpc) is 2.17. The zero-order valence-electron chi connectivity index (χ0n) is 7.57. The van der Waals surface area contributed by atoms with Crippen molar-refractivity contribution in [3.63, 3.8) is 0 Å². The molecule has 0 unspecified atom stereocenters. The van der Waals surface area contributed by atoms with E-state index in [9.17, 15) is 9.50 Å². The minimum Gasteiger partial charge on any atom is -0.508 e. The summed E-state index contributed by atoms with van der Waals surface area (Å²) in [5, 5.41) is 18.4. The quantitative estimate of drug-likeness (QED) is 0.687.